The highest BCUT2D eigenvalue weighted by Gasteiger charge is 2.25. The predicted molar refractivity (Wildman–Crippen MR) is 134 cm³/mol. The molecular weight excluding hydrogens is 438 g/mol. The lowest BCUT2D eigenvalue weighted by molar-refractivity contribution is -0.115. The summed E-state index contributed by atoms with van der Waals surface area (Å²) < 4.78 is 0. The lowest BCUT2D eigenvalue weighted by Crippen LogP contribution is -2.29. The summed E-state index contributed by atoms with van der Waals surface area (Å²) in [5.74, 6) is -0.0636. The minimum Gasteiger partial charge on any atom is -0.316 e. The van der Waals surface area contributed by atoms with Gasteiger partial charge < -0.3 is 5.32 Å². The average molecular weight is 466 g/mol. The van der Waals surface area contributed by atoms with Crippen molar-refractivity contribution in [1.29, 1.82) is 5.26 Å². The van der Waals surface area contributed by atoms with Crippen molar-refractivity contribution in [3.8, 4) is 6.07 Å². The third-order valence-corrected chi connectivity index (χ3v) is 7.06. The molecular formula is C26H28ClN3OS. The van der Waals surface area contributed by atoms with Gasteiger partial charge in [-0.3, -0.25) is 9.69 Å². The van der Waals surface area contributed by atoms with E-state index in [2.05, 4.69) is 73.5 Å². The number of hydrogen-bond acceptors (Lipinski definition) is 4. The fourth-order valence-electron chi connectivity index (χ4n) is 4.46. The molecule has 0 atom stereocenters. The van der Waals surface area contributed by atoms with E-state index in [-0.39, 0.29) is 18.3 Å². The molecule has 166 valence electrons. The largest absolute Gasteiger partial charge is 0.316 e. The van der Waals surface area contributed by atoms with Gasteiger partial charge in [-0.2, -0.15) is 5.26 Å². The fourth-order valence-corrected chi connectivity index (χ4v) is 5.72. The molecule has 0 aliphatic carbocycles. The number of anilines is 1. The van der Waals surface area contributed by atoms with E-state index >= 15 is 0 Å². The number of carbonyl (C=O) groups is 1. The second kappa shape index (κ2) is 10.3. The van der Waals surface area contributed by atoms with Gasteiger partial charge in [-0.15, -0.1) is 23.7 Å². The summed E-state index contributed by atoms with van der Waals surface area (Å²) in [4.78, 5) is 16.4. The Morgan fingerprint density at radius 2 is 1.84 bits per heavy atom. The summed E-state index contributed by atoms with van der Waals surface area (Å²) in [6, 6.07) is 17.0. The minimum atomic E-state index is -0.0636. The maximum Gasteiger partial charge on any atom is 0.229 e. The van der Waals surface area contributed by atoms with Gasteiger partial charge in [0.1, 0.15) is 11.1 Å². The molecule has 0 radical (unpaired) electrons. The molecule has 32 heavy (non-hydrogen) atoms. The molecule has 0 unspecified atom stereocenters. The van der Waals surface area contributed by atoms with E-state index in [0.717, 1.165) is 48.3 Å². The van der Waals surface area contributed by atoms with Crippen LogP contribution in [0, 0.1) is 32.1 Å². The standard InChI is InChI=1S/C26H27N3OS.ClH/c1-17-11-18(2)22(19(3)12-17)13-25(30)28-26-23(14-27)21-9-10-29(16-24(21)31-26)15-20-7-5-4-6-8-20;/h4-8,11-12H,9-10,13,15-16H2,1-3H3,(H,28,30);1H. The molecule has 3 aromatic rings. The topological polar surface area (TPSA) is 56.1 Å². The van der Waals surface area contributed by atoms with Crippen molar-refractivity contribution < 1.29 is 4.79 Å². The Hall–Kier alpha value is -2.65. The number of rotatable bonds is 5. The van der Waals surface area contributed by atoms with Gasteiger partial charge in [0.2, 0.25) is 5.91 Å². The summed E-state index contributed by atoms with van der Waals surface area (Å²) >= 11 is 1.55. The highest BCUT2D eigenvalue weighted by Crippen LogP contribution is 2.37. The van der Waals surface area contributed by atoms with Gasteiger partial charge in [0.25, 0.3) is 0 Å². The van der Waals surface area contributed by atoms with Crippen LogP contribution in [0.25, 0.3) is 0 Å². The second-order valence-corrected chi connectivity index (χ2v) is 9.47. The second-order valence-electron chi connectivity index (χ2n) is 8.37. The van der Waals surface area contributed by atoms with Crippen molar-refractivity contribution in [2.75, 3.05) is 11.9 Å². The summed E-state index contributed by atoms with van der Waals surface area (Å²) in [6.45, 7) is 8.80. The van der Waals surface area contributed by atoms with E-state index in [1.165, 1.54) is 16.0 Å². The molecule has 1 amide bonds. The van der Waals surface area contributed by atoms with Gasteiger partial charge in [-0.05, 0) is 55.0 Å². The van der Waals surface area contributed by atoms with Gasteiger partial charge in [0, 0.05) is 24.5 Å². The van der Waals surface area contributed by atoms with E-state index in [9.17, 15) is 10.1 Å². The molecule has 2 heterocycles. The summed E-state index contributed by atoms with van der Waals surface area (Å²) in [7, 11) is 0. The van der Waals surface area contributed by atoms with Crippen molar-refractivity contribution >= 4 is 34.7 Å². The highest BCUT2D eigenvalue weighted by molar-refractivity contribution is 7.16. The zero-order chi connectivity index (χ0) is 22.0. The number of nitriles is 1. The van der Waals surface area contributed by atoms with Crippen LogP contribution in [-0.2, 0) is 30.7 Å². The first-order valence-corrected chi connectivity index (χ1v) is 11.4. The van der Waals surface area contributed by atoms with Crippen molar-refractivity contribution in [3.05, 3.63) is 86.3 Å². The first-order chi connectivity index (χ1) is 14.9. The molecule has 6 heteroatoms. The molecule has 1 N–H and O–H groups in total. The molecule has 1 aliphatic heterocycles. The normalized spacial score (nSPS) is 13.1. The third-order valence-electron chi connectivity index (χ3n) is 5.93. The van der Waals surface area contributed by atoms with Crippen LogP contribution in [0.15, 0.2) is 42.5 Å². The lowest BCUT2D eigenvalue weighted by Gasteiger charge is -2.26. The van der Waals surface area contributed by atoms with Crippen LogP contribution in [-0.4, -0.2) is 17.4 Å². The monoisotopic (exact) mass is 465 g/mol. The maximum absolute atomic E-state index is 12.8. The van der Waals surface area contributed by atoms with Crippen LogP contribution in [0.5, 0.6) is 0 Å². The number of nitrogens with zero attached hydrogens (tertiary/aromatic N) is 2. The van der Waals surface area contributed by atoms with Crippen LogP contribution in [0.1, 0.15) is 43.8 Å². The number of halogens is 1. The van der Waals surface area contributed by atoms with Gasteiger partial charge in [-0.25, -0.2) is 0 Å². The highest BCUT2D eigenvalue weighted by atomic mass is 35.5. The Balaban J connectivity index is 0.00000289. The third kappa shape index (κ3) is 5.21. The maximum atomic E-state index is 12.8. The van der Waals surface area contributed by atoms with Crippen molar-refractivity contribution in [3.63, 3.8) is 0 Å². The smallest absolute Gasteiger partial charge is 0.229 e. The van der Waals surface area contributed by atoms with E-state index in [1.807, 2.05) is 6.07 Å². The molecule has 1 aromatic heterocycles. The zero-order valence-corrected chi connectivity index (χ0v) is 20.3. The molecule has 4 rings (SSSR count). The molecule has 0 saturated heterocycles. The van der Waals surface area contributed by atoms with Gasteiger partial charge in [0.15, 0.2) is 0 Å². The van der Waals surface area contributed by atoms with E-state index in [0.29, 0.717) is 17.0 Å². The van der Waals surface area contributed by atoms with Gasteiger partial charge in [-0.1, -0.05) is 48.0 Å². The Kier molecular flexibility index (Phi) is 7.73. The number of carbonyl (C=O) groups excluding carboxylic acids is 1. The Morgan fingerprint density at radius 1 is 1.16 bits per heavy atom. The van der Waals surface area contributed by atoms with Crippen LogP contribution < -0.4 is 5.32 Å². The van der Waals surface area contributed by atoms with Crippen molar-refractivity contribution in [2.24, 2.45) is 0 Å². The summed E-state index contributed by atoms with van der Waals surface area (Å²) in [5.41, 5.74) is 7.58. The van der Waals surface area contributed by atoms with Gasteiger partial charge in [0.05, 0.1) is 12.0 Å². The molecule has 0 saturated carbocycles. The Bertz CT molecular complexity index is 1140. The fraction of sp³-hybridized carbons (Fsp3) is 0.308. The molecule has 0 fully saturated rings. The number of thiophene rings is 1. The Morgan fingerprint density at radius 3 is 2.50 bits per heavy atom. The summed E-state index contributed by atoms with van der Waals surface area (Å²) in [6.07, 6.45) is 1.17. The first kappa shape index (κ1) is 24.0. The first-order valence-electron chi connectivity index (χ1n) is 10.6. The number of amides is 1. The van der Waals surface area contributed by atoms with Crippen LogP contribution in [0.4, 0.5) is 5.00 Å². The summed E-state index contributed by atoms with van der Waals surface area (Å²) in [5, 5.41) is 13.5. The van der Waals surface area contributed by atoms with E-state index in [1.54, 1.807) is 11.3 Å². The predicted octanol–water partition coefficient (Wildman–Crippen LogP) is 5.71. The van der Waals surface area contributed by atoms with Crippen LogP contribution in [0.2, 0.25) is 0 Å². The number of hydrogen-bond donors (Lipinski definition) is 1. The Labute approximate surface area is 200 Å². The molecule has 2 aromatic carbocycles. The van der Waals surface area contributed by atoms with Crippen molar-refractivity contribution in [1.82, 2.24) is 4.90 Å². The van der Waals surface area contributed by atoms with Gasteiger partial charge >= 0.3 is 0 Å². The van der Waals surface area contributed by atoms with Crippen molar-refractivity contribution in [2.45, 2.75) is 46.7 Å². The van der Waals surface area contributed by atoms with E-state index < -0.39 is 0 Å². The molecule has 4 nitrogen and oxygen atoms in total. The number of benzene rings is 2. The quantitative estimate of drug-likeness (QED) is 0.525. The number of nitrogens with one attached hydrogen (secondary N) is 1. The SMILES string of the molecule is Cc1cc(C)c(CC(=O)Nc2sc3c(c2C#N)CCN(Cc2ccccc2)C3)c(C)c1.Cl. The molecule has 1 aliphatic rings. The van der Waals surface area contributed by atoms with E-state index in [4.69, 9.17) is 0 Å². The van der Waals surface area contributed by atoms with Crippen LogP contribution in [0.3, 0.4) is 0 Å². The van der Waals surface area contributed by atoms with Crippen LogP contribution >= 0.6 is 23.7 Å². The molecule has 0 spiro atoms. The zero-order valence-electron chi connectivity index (χ0n) is 18.7. The lowest BCUT2D eigenvalue weighted by atomic mass is 9.97. The minimum absolute atomic E-state index is 0. The number of aryl methyl sites for hydroxylation is 3. The molecule has 0 bridgehead atoms. The number of fused-ring (bicyclic) bond motifs is 1. The average Bonchev–Trinajstić information content (AvgIpc) is 3.07.